The van der Waals surface area contributed by atoms with E-state index in [4.69, 9.17) is 9.15 Å². The highest BCUT2D eigenvalue weighted by molar-refractivity contribution is 7.89. The first kappa shape index (κ1) is 24.4. The molecular weight excluding hydrogens is 470 g/mol. The van der Waals surface area contributed by atoms with Crippen LogP contribution >= 0.6 is 0 Å². The summed E-state index contributed by atoms with van der Waals surface area (Å²) in [6, 6.07) is 10.2. The van der Waals surface area contributed by atoms with Crippen LogP contribution in [0.5, 0.6) is 0 Å². The molecule has 1 aromatic carbocycles. The smallest absolute Gasteiger partial charge is 0.407 e. The number of furan rings is 1. The lowest BCUT2D eigenvalue weighted by atomic mass is 10.1. The van der Waals surface area contributed by atoms with E-state index in [1.54, 1.807) is 56.0 Å². The molecule has 0 saturated heterocycles. The Hall–Kier alpha value is -3.70. The monoisotopic (exact) mass is 497 g/mol. The lowest BCUT2D eigenvalue weighted by Crippen LogP contribution is -2.37. The van der Waals surface area contributed by atoms with Crippen molar-refractivity contribution in [1.82, 2.24) is 24.8 Å². The van der Waals surface area contributed by atoms with Gasteiger partial charge in [-0.3, -0.25) is 9.67 Å². The summed E-state index contributed by atoms with van der Waals surface area (Å²) in [4.78, 5) is 16.2. The largest absolute Gasteiger partial charge is 0.454 e. The van der Waals surface area contributed by atoms with E-state index in [1.165, 1.54) is 6.07 Å². The van der Waals surface area contributed by atoms with Crippen molar-refractivity contribution in [2.75, 3.05) is 13.1 Å². The minimum absolute atomic E-state index is 0.0119. The van der Waals surface area contributed by atoms with Gasteiger partial charge in [0.2, 0.25) is 10.0 Å². The van der Waals surface area contributed by atoms with Gasteiger partial charge < -0.3 is 14.5 Å². The molecule has 184 valence electrons. The Kier molecular flexibility index (Phi) is 6.64. The van der Waals surface area contributed by atoms with E-state index in [1.807, 2.05) is 25.4 Å². The van der Waals surface area contributed by atoms with E-state index in [9.17, 15) is 13.2 Å². The summed E-state index contributed by atoms with van der Waals surface area (Å²) < 4.78 is 41.1. The number of carbonyl (C=O) groups is 1. The average molecular weight is 498 g/mol. The number of pyridine rings is 1. The zero-order valence-electron chi connectivity index (χ0n) is 19.9. The van der Waals surface area contributed by atoms with E-state index in [2.05, 4.69) is 20.1 Å². The number of nitrogens with one attached hydrogen (secondary N) is 2. The molecule has 0 unspecified atom stereocenters. The van der Waals surface area contributed by atoms with Crippen LogP contribution in [-0.2, 0) is 21.8 Å². The molecule has 2 N–H and O–H groups in total. The average Bonchev–Trinajstić information content (AvgIpc) is 3.41. The predicted molar refractivity (Wildman–Crippen MR) is 131 cm³/mol. The molecule has 0 bridgehead atoms. The second-order valence-electron chi connectivity index (χ2n) is 8.94. The summed E-state index contributed by atoms with van der Waals surface area (Å²) in [6.07, 6.45) is 4.59. The maximum atomic E-state index is 12.8. The van der Waals surface area contributed by atoms with Gasteiger partial charge in [0.1, 0.15) is 16.9 Å². The number of carbonyl (C=O) groups excluding carboxylic acids is 1. The van der Waals surface area contributed by atoms with Crippen LogP contribution in [0.4, 0.5) is 4.79 Å². The highest BCUT2D eigenvalue weighted by Crippen LogP contribution is 2.34. The Bertz CT molecular complexity index is 1470. The standard InChI is InChI=1S/C24H27N5O5S/c1-24(2,3)34-23(30)26-10-11-28-35(31,32)18-7-5-6-16(12-18)19-8-9-25-20-13-21(33-22(19)20)17-14-27-29(4)15-17/h5-9,12-15,28H,10-11H2,1-4H3,(H,26,30). The second kappa shape index (κ2) is 9.51. The third-order valence-corrected chi connectivity index (χ3v) is 6.40. The van der Waals surface area contributed by atoms with Crippen LogP contribution in [0.2, 0.25) is 0 Å². The van der Waals surface area contributed by atoms with Gasteiger partial charge in [0, 0.05) is 44.2 Å². The van der Waals surface area contributed by atoms with Crippen molar-refractivity contribution < 1.29 is 22.4 Å². The molecule has 0 radical (unpaired) electrons. The van der Waals surface area contributed by atoms with Crippen LogP contribution in [0.1, 0.15) is 20.8 Å². The van der Waals surface area contributed by atoms with Gasteiger partial charge in [0.15, 0.2) is 5.58 Å². The molecule has 0 aliphatic heterocycles. The van der Waals surface area contributed by atoms with E-state index < -0.39 is 21.7 Å². The van der Waals surface area contributed by atoms with Gasteiger partial charge in [-0.2, -0.15) is 5.10 Å². The molecule has 0 spiro atoms. The van der Waals surface area contributed by atoms with Crippen LogP contribution in [0.3, 0.4) is 0 Å². The van der Waals surface area contributed by atoms with E-state index in [0.29, 0.717) is 28.0 Å². The Labute approximate surface area is 203 Å². The van der Waals surface area contributed by atoms with Crippen molar-refractivity contribution in [3.05, 3.63) is 55.0 Å². The molecule has 3 heterocycles. The number of aryl methyl sites for hydroxylation is 1. The quantitative estimate of drug-likeness (QED) is 0.373. The third kappa shape index (κ3) is 5.87. The van der Waals surface area contributed by atoms with Crippen molar-refractivity contribution in [3.8, 4) is 22.5 Å². The molecular formula is C24H27N5O5S. The highest BCUT2D eigenvalue weighted by atomic mass is 32.2. The molecule has 4 aromatic rings. The van der Waals surface area contributed by atoms with Crippen molar-refractivity contribution in [2.24, 2.45) is 7.05 Å². The molecule has 0 aliphatic carbocycles. The molecule has 11 heteroatoms. The Morgan fingerprint density at radius 2 is 1.94 bits per heavy atom. The topological polar surface area (TPSA) is 128 Å². The fourth-order valence-corrected chi connectivity index (χ4v) is 4.51. The molecule has 35 heavy (non-hydrogen) atoms. The Balaban J connectivity index is 1.51. The summed E-state index contributed by atoms with van der Waals surface area (Å²) in [5, 5.41) is 6.70. The van der Waals surface area contributed by atoms with Gasteiger partial charge in [-0.15, -0.1) is 0 Å². The number of hydrogen-bond acceptors (Lipinski definition) is 7. The van der Waals surface area contributed by atoms with Crippen molar-refractivity contribution in [1.29, 1.82) is 0 Å². The minimum Gasteiger partial charge on any atom is -0.454 e. The first-order chi connectivity index (χ1) is 16.5. The van der Waals surface area contributed by atoms with Crippen LogP contribution in [0.25, 0.3) is 33.6 Å². The third-order valence-electron chi connectivity index (χ3n) is 4.94. The minimum atomic E-state index is -3.81. The van der Waals surface area contributed by atoms with E-state index in [-0.39, 0.29) is 18.0 Å². The number of rotatable bonds is 7. The van der Waals surface area contributed by atoms with E-state index in [0.717, 1.165) is 5.56 Å². The van der Waals surface area contributed by atoms with Gasteiger partial charge in [-0.05, 0) is 44.5 Å². The lowest BCUT2D eigenvalue weighted by molar-refractivity contribution is 0.0529. The van der Waals surface area contributed by atoms with Crippen LogP contribution in [-0.4, -0.2) is 48.0 Å². The summed E-state index contributed by atoms with van der Waals surface area (Å²) in [5.41, 5.74) is 2.77. The van der Waals surface area contributed by atoms with Gasteiger partial charge in [-0.25, -0.2) is 17.9 Å². The Morgan fingerprint density at radius 1 is 1.14 bits per heavy atom. The molecule has 1 amide bonds. The fourth-order valence-electron chi connectivity index (χ4n) is 3.43. The first-order valence-electron chi connectivity index (χ1n) is 11.0. The van der Waals surface area contributed by atoms with Crippen LogP contribution in [0.15, 0.2) is 64.3 Å². The number of ether oxygens (including phenoxy) is 1. The highest BCUT2D eigenvalue weighted by Gasteiger charge is 2.19. The summed E-state index contributed by atoms with van der Waals surface area (Å²) >= 11 is 0. The maximum absolute atomic E-state index is 12.8. The Morgan fingerprint density at radius 3 is 2.66 bits per heavy atom. The van der Waals surface area contributed by atoms with Gasteiger partial charge in [-0.1, -0.05) is 12.1 Å². The molecule has 4 rings (SSSR count). The van der Waals surface area contributed by atoms with Gasteiger partial charge in [0.25, 0.3) is 0 Å². The first-order valence-corrected chi connectivity index (χ1v) is 12.4. The summed E-state index contributed by atoms with van der Waals surface area (Å²) in [6.45, 7) is 5.35. The van der Waals surface area contributed by atoms with Gasteiger partial charge in [0.05, 0.1) is 16.7 Å². The molecule has 0 aliphatic rings. The zero-order chi connectivity index (χ0) is 25.2. The van der Waals surface area contributed by atoms with Crippen LogP contribution in [0, 0.1) is 0 Å². The molecule has 0 atom stereocenters. The number of benzene rings is 1. The number of fused-ring (bicyclic) bond motifs is 1. The SMILES string of the molecule is Cn1cc(-c2cc3nccc(-c4cccc(S(=O)(=O)NCCNC(=O)OC(C)(C)C)c4)c3o2)cn1. The number of sulfonamides is 1. The van der Waals surface area contributed by atoms with Crippen LogP contribution < -0.4 is 10.0 Å². The van der Waals surface area contributed by atoms with Crippen molar-refractivity contribution in [3.63, 3.8) is 0 Å². The number of alkyl carbamates (subject to hydrolysis) is 1. The predicted octanol–water partition coefficient (Wildman–Crippen LogP) is 3.70. The lowest BCUT2D eigenvalue weighted by Gasteiger charge is -2.19. The fraction of sp³-hybridized carbons (Fsp3) is 0.292. The summed E-state index contributed by atoms with van der Waals surface area (Å²) in [5.74, 6) is 0.621. The number of nitrogens with zero attached hydrogens (tertiary/aromatic N) is 3. The number of hydrogen-bond donors (Lipinski definition) is 2. The number of aromatic nitrogens is 3. The molecule has 10 nitrogen and oxygen atoms in total. The normalized spacial score (nSPS) is 12.1. The van der Waals surface area contributed by atoms with Crippen molar-refractivity contribution >= 4 is 27.2 Å². The van der Waals surface area contributed by atoms with Gasteiger partial charge >= 0.3 is 6.09 Å². The maximum Gasteiger partial charge on any atom is 0.407 e. The van der Waals surface area contributed by atoms with Crippen molar-refractivity contribution in [2.45, 2.75) is 31.3 Å². The number of amides is 1. The summed E-state index contributed by atoms with van der Waals surface area (Å²) in [7, 11) is -1.99. The zero-order valence-corrected chi connectivity index (χ0v) is 20.7. The molecule has 0 saturated carbocycles. The van der Waals surface area contributed by atoms with E-state index >= 15 is 0 Å². The molecule has 0 fully saturated rings. The molecule has 3 aromatic heterocycles. The second-order valence-corrected chi connectivity index (χ2v) is 10.7.